The molecule has 0 fully saturated rings. The fourth-order valence-corrected chi connectivity index (χ4v) is 0.437. The van der Waals surface area contributed by atoms with Gasteiger partial charge in [0.15, 0.2) is 0 Å². The molecule has 0 aromatic rings. The van der Waals surface area contributed by atoms with Gasteiger partial charge in [0.05, 0.1) is 0 Å². The van der Waals surface area contributed by atoms with Crippen LogP contribution in [0.3, 0.4) is 0 Å². The highest BCUT2D eigenvalue weighted by Crippen LogP contribution is 1.99. The van der Waals surface area contributed by atoms with Gasteiger partial charge in [-0.1, -0.05) is 50.0 Å². The third kappa shape index (κ3) is 22.5. The second kappa shape index (κ2) is 22.4. The molecule has 0 aromatic heterocycles. The Morgan fingerprint density at radius 2 is 1.42 bits per heavy atom. The van der Waals surface area contributed by atoms with Crippen molar-refractivity contribution in [2.75, 3.05) is 13.2 Å². The number of hydrogen-bond acceptors (Lipinski definition) is 1. The largest absolute Gasteiger partial charge is 0.381 e. The van der Waals surface area contributed by atoms with E-state index in [-0.39, 0.29) is 29.7 Å². The summed E-state index contributed by atoms with van der Waals surface area (Å²) in [5.74, 6) is 0.731. The lowest BCUT2D eigenvalue weighted by atomic mass is 10.1. The molecule has 0 rings (SSSR count). The van der Waals surface area contributed by atoms with Crippen molar-refractivity contribution in [1.29, 1.82) is 0 Å². The Morgan fingerprint density at radius 1 is 1.00 bits per heavy atom. The average molecular weight is 180 g/mol. The summed E-state index contributed by atoms with van der Waals surface area (Å²) in [5, 5.41) is 0. The molecule has 0 aromatic carbocycles. The van der Waals surface area contributed by atoms with Crippen LogP contribution in [-0.4, -0.2) is 13.2 Å². The predicted molar refractivity (Wildman–Crippen MR) is 62.9 cm³/mol. The fraction of sp³-hybridized carbons (Fsp3) is 1.00. The van der Waals surface area contributed by atoms with Crippen LogP contribution in [0.15, 0.2) is 0 Å². The Morgan fingerprint density at radius 3 is 1.67 bits per heavy atom. The van der Waals surface area contributed by atoms with Crippen LogP contribution in [0, 0.1) is 5.92 Å². The summed E-state index contributed by atoms with van der Waals surface area (Å²) in [6.07, 6.45) is 1.22. The van der Waals surface area contributed by atoms with E-state index in [9.17, 15) is 0 Å². The van der Waals surface area contributed by atoms with Crippen molar-refractivity contribution in [3.05, 3.63) is 0 Å². The van der Waals surface area contributed by atoms with E-state index >= 15 is 0 Å². The fourth-order valence-electron chi connectivity index (χ4n) is 0.437. The highest BCUT2D eigenvalue weighted by Gasteiger charge is 1.94. The van der Waals surface area contributed by atoms with E-state index in [1.54, 1.807) is 0 Å². The lowest BCUT2D eigenvalue weighted by molar-refractivity contribution is 0.115. The maximum absolute atomic E-state index is 5.19. The summed E-state index contributed by atoms with van der Waals surface area (Å²) < 4.78 is 5.19. The van der Waals surface area contributed by atoms with Gasteiger partial charge >= 0.3 is 0 Å². The van der Waals surface area contributed by atoms with Crippen molar-refractivity contribution < 1.29 is 4.74 Å². The minimum absolute atomic E-state index is 0. The van der Waals surface area contributed by atoms with Gasteiger partial charge in [-0.15, -0.1) is 0 Å². The zero-order valence-electron chi connectivity index (χ0n) is 6.11. The Labute approximate surface area is 81.5 Å². The van der Waals surface area contributed by atoms with Crippen LogP contribution in [0.25, 0.3) is 0 Å². The first-order valence-electron chi connectivity index (χ1n) is 3.39. The Hall–Kier alpha value is -0.0400. The lowest BCUT2D eigenvalue weighted by Gasteiger charge is -2.05. The quantitative estimate of drug-likeness (QED) is 0.613. The normalized spacial score (nSPS) is 9.25. The first kappa shape index (κ1) is 29.7. The van der Waals surface area contributed by atoms with Crippen molar-refractivity contribution in [1.82, 2.24) is 0 Å². The molecule has 1 atom stereocenters. The maximum atomic E-state index is 5.19. The Balaban J connectivity index is -0.0000000408. The third-order valence-corrected chi connectivity index (χ3v) is 1.30. The van der Waals surface area contributed by atoms with E-state index in [2.05, 4.69) is 13.8 Å². The Kier molecular flexibility index (Phi) is 55.5. The molecule has 1 unspecified atom stereocenters. The summed E-state index contributed by atoms with van der Waals surface area (Å²) in [7, 11) is 0. The molecule has 1 nitrogen and oxygen atoms in total. The van der Waals surface area contributed by atoms with Crippen molar-refractivity contribution in [3.8, 4) is 0 Å². The molecule has 0 saturated heterocycles. The molecule has 0 heterocycles. The highest BCUT2D eigenvalue weighted by molar-refractivity contribution is 4.44. The molecule has 0 amide bonds. The molecule has 0 saturated carbocycles. The first-order valence-corrected chi connectivity index (χ1v) is 3.39. The molecule has 0 radical (unpaired) electrons. The SMILES string of the molecule is C.C.C.C.CCOCC(C)CC. The van der Waals surface area contributed by atoms with E-state index in [1.807, 2.05) is 6.92 Å². The minimum atomic E-state index is 0. The summed E-state index contributed by atoms with van der Waals surface area (Å²) >= 11 is 0. The van der Waals surface area contributed by atoms with Gasteiger partial charge in [-0.25, -0.2) is 0 Å². The van der Waals surface area contributed by atoms with Crippen LogP contribution >= 0.6 is 0 Å². The highest BCUT2D eigenvalue weighted by atomic mass is 16.5. The van der Waals surface area contributed by atoms with Gasteiger partial charge in [0.25, 0.3) is 0 Å². The molecule has 0 aliphatic rings. The topological polar surface area (TPSA) is 9.23 Å². The van der Waals surface area contributed by atoms with E-state index in [1.165, 1.54) is 6.42 Å². The summed E-state index contributed by atoms with van der Waals surface area (Å²) in [6, 6.07) is 0. The van der Waals surface area contributed by atoms with Gasteiger partial charge in [0, 0.05) is 13.2 Å². The lowest BCUT2D eigenvalue weighted by Crippen LogP contribution is -2.03. The molecule has 0 spiro atoms. The van der Waals surface area contributed by atoms with Crippen LogP contribution in [0.1, 0.15) is 56.9 Å². The number of rotatable bonds is 4. The molecular weight excluding hydrogens is 148 g/mol. The van der Waals surface area contributed by atoms with Gasteiger partial charge in [-0.2, -0.15) is 0 Å². The first-order chi connectivity index (χ1) is 3.81. The average Bonchev–Trinajstić information content (AvgIpc) is 1.83. The maximum Gasteiger partial charge on any atom is 0.0491 e. The van der Waals surface area contributed by atoms with E-state index < -0.39 is 0 Å². The molecular formula is C11H32O. The molecule has 82 valence electrons. The molecule has 0 bridgehead atoms. The summed E-state index contributed by atoms with van der Waals surface area (Å²) in [6.45, 7) is 8.19. The van der Waals surface area contributed by atoms with Crippen molar-refractivity contribution in [3.63, 3.8) is 0 Å². The van der Waals surface area contributed by atoms with E-state index in [0.29, 0.717) is 0 Å². The minimum Gasteiger partial charge on any atom is -0.381 e. The van der Waals surface area contributed by atoms with Gasteiger partial charge < -0.3 is 4.74 Å². The van der Waals surface area contributed by atoms with Gasteiger partial charge in [-0.3, -0.25) is 0 Å². The van der Waals surface area contributed by atoms with Crippen LogP contribution in [0.2, 0.25) is 0 Å². The number of ether oxygens (including phenoxy) is 1. The zero-order valence-corrected chi connectivity index (χ0v) is 6.11. The molecule has 0 N–H and O–H groups in total. The number of hydrogen-bond donors (Lipinski definition) is 0. The van der Waals surface area contributed by atoms with Crippen LogP contribution < -0.4 is 0 Å². The van der Waals surface area contributed by atoms with Gasteiger partial charge in [0.1, 0.15) is 0 Å². The molecule has 0 aliphatic heterocycles. The molecule has 0 aliphatic carbocycles. The predicted octanol–water partition coefficient (Wildman–Crippen LogP) is 4.61. The second-order valence-corrected chi connectivity index (χ2v) is 2.17. The van der Waals surface area contributed by atoms with Crippen molar-refractivity contribution in [2.45, 2.75) is 56.9 Å². The second-order valence-electron chi connectivity index (χ2n) is 2.17. The van der Waals surface area contributed by atoms with E-state index in [0.717, 1.165) is 19.1 Å². The standard InChI is InChI=1S/C7H16O.4CH4/c1-4-7(3)6-8-5-2;;;;/h7H,4-6H2,1-3H3;4*1H4. The van der Waals surface area contributed by atoms with Gasteiger partial charge in [0.2, 0.25) is 0 Å². The zero-order chi connectivity index (χ0) is 6.41. The van der Waals surface area contributed by atoms with Crippen LogP contribution in [-0.2, 0) is 4.74 Å². The third-order valence-electron chi connectivity index (χ3n) is 1.30. The van der Waals surface area contributed by atoms with Crippen molar-refractivity contribution in [2.24, 2.45) is 5.92 Å². The molecule has 1 heteroatoms. The molecule has 12 heavy (non-hydrogen) atoms. The smallest absolute Gasteiger partial charge is 0.0491 e. The summed E-state index contributed by atoms with van der Waals surface area (Å²) in [4.78, 5) is 0. The Bertz CT molecular complexity index is 44.3. The van der Waals surface area contributed by atoms with Crippen molar-refractivity contribution >= 4 is 0 Å². The van der Waals surface area contributed by atoms with E-state index in [4.69, 9.17) is 4.74 Å². The van der Waals surface area contributed by atoms with Crippen LogP contribution in [0.4, 0.5) is 0 Å². The summed E-state index contributed by atoms with van der Waals surface area (Å²) in [5.41, 5.74) is 0. The monoisotopic (exact) mass is 180 g/mol. The van der Waals surface area contributed by atoms with Gasteiger partial charge in [-0.05, 0) is 12.8 Å². The van der Waals surface area contributed by atoms with Crippen LogP contribution in [0.5, 0.6) is 0 Å².